The maximum atomic E-state index is 13.6. The van der Waals surface area contributed by atoms with Gasteiger partial charge in [-0.25, -0.2) is 4.98 Å². The van der Waals surface area contributed by atoms with Gasteiger partial charge in [0.05, 0.1) is 15.6 Å². The summed E-state index contributed by atoms with van der Waals surface area (Å²) in [4.78, 5) is 36.7. The smallest absolute Gasteiger partial charge is 0.258 e. The number of nitrogens with zero attached hydrogens (tertiary/aromatic N) is 3. The topological polar surface area (TPSA) is 88.4 Å². The molecule has 0 saturated heterocycles. The van der Waals surface area contributed by atoms with E-state index in [0.29, 0.717) is 45.2 Å². The lowest BCUT2D eigenvalue weighted by atomic mass is 9.87. The van der Waals surface area contributed by atoms with Crippen molar-refractivity contribution in [2.24, 2.45) is 11.8 Å². The van der Waals surface area contributed by atoms with Gasteiger partial charge < -0.3 is 10.6 Å². The summed E-state index contributed by atoms with van der Waals surface area (Å²) in [5, 5.41) is 7.14. The minimum Gasteiger partial charge on any atom is -0.352 e. The number of nitrogens with one attached hydrogen (secondary N) is 2. The number of pyridine rings is 1. The minimum absolute atomic E-state index is 0.129. The van der Waals surface area contributed by atoms with Crippen LogP contribution >= 0.6 is 22.9 Å². The number of hydrogen-bond donors (Lipinski definition) is 2. The number of carbonyl (C=O) groups is 1. The van der Waals surface area contributed by atoms with Crippen molar-refractivity contribution in [1.29, 1.82) is 0 Å². The van der Waals surface area contributed by atoms with E-state index in [1.807, 2.05) is 36.4 Å². The molecule has 0 aliphatic heterocycles. The van der Waals surface area contributed by atoms with Crippen LogP contribution in [0.5, 0.6) is 0 Å². The van der Waals surface area contributed by atoms with Gasteiger partial charge in [0.25, 0.3) is 5.91 Å². The molecule has 190 valence electrons. The van der Waals surface area contributed by atoms with E-state index in [2.05, 4.69) is 27.5 Å². The fourth-order valence-corrected chi connectivity index (χ4v) is 6.63. The van der Waals surface area contributed by atoms with Crippen LogP contribution in [0.15, 0.2) is 29.2 Å². The van der Waals surface area contributed by atoms with Crippen molar-refractivity contribution in [1.82, 2.24) is 19.7 Å². The molecule has 3 heterocycles. The molecule has 4 aromatic rings. The number of thiazole rings is 1. The average molecular weight is 526 g/mol. The number of halogens is 1. The number of amides is 1. The van der Waals surface area contributed by atoms with E-state index >= 15 is 0 Å². The molecule has 2 atom stereocenters. The second-order valence-electron chi connectivity index (χ2n) is 10.2. The zero-order valence-electron chi connectivity index (χ0n) is 20.9. The summed E-state index contributed by atoms with van der Waals surface area (Å²) in [7, 11) is 0. The number of hydrogen-bond acceptors (Lipinski definition) is 6. The van der Waals surface area contributed by atoms with Gasteiger partial charge in [-0.15, -0.1) is 11.3 Å². The zero-order chi connectivity index (χ0) is 25.4. The van der Waals surface area contributed by atoms with Gasteiger partial charge in [-0.1, -0.05) is 50.6 Å². The molecule has 5 rings (SSSR count). The fraction of sp³-hybridized carbons (Fsp3) is 0.481. The highest BCUT2D eigenvalue weighted by atomic mass is 35.5. The molecular formula is C27H32ClN5O2S. The fourth-order valence-electron chi connectivity index (χ4n) is 5.31. The summed E-state index contributed by atoms with van der Waals surface area (Å²) in [6.07, 6.45) is 8.76. The summed E-state index contributed by atoms with van der Waals surface area (Å²) >= 11 is 7.73. The predicted molar refractivity (Wildman–Crippen MR) is 149 cm³/mol. The molecule has 1 aliphatic rings. The molecule has 36 heavy (non-hydrogen) atoms. The van der Waals surface area contributed by atoms with E-state index in [4.69, 9.17) is 11.6 Å². The summed E-state index contributed by atoms with van der Waals surface area (Å²) < 4.78 is 2.79. The van der Waals surface area contributed by atoms with E-state index in [1.54, 1.807) is 0 Å². The second-order valence-corrected chi connectivity index (χ2v) is 11.7. The van der Waals surface area contributed by atoms with E-state index in [-0.39, 0.29) is 22.9 Å². The highest BCUT2D eigenvalue weighted by Gasteiger charge is 2.24. The number of aromatic nitrogens is 3. The van der Waals surface area contributed by atoms with Crippen molar-refractivity contribution < 1.29 is 4.79 Å². The molecule has 2 unspecified atom stereocenters. The summed E-state index contributed by atoms with van der Waals surface area (Å²) in [6.45, 7) is 6.88. The molecular weight excluding hydrogens is 494 g/mol. The van der Waals surface area contributed by atoms with Crippen molar-refractivity contribution in [2.75, 3.05) is 11.9 Å². The second kappa shape index (κ2) is 10.3. The average Bonchev–Trinajstić information content (AvgIpc) is 3.07. The number of rotatable bonds is 6. The van der Waals surface area contributed by atoms with Gasteiger partial charge >= 0.3 is 0 Å². The molecule has 1 fully saturated rings. The quantitative estimate of drug-likeness (QED) is 0.290. The van der Waals surface area contributed by atoms with Gasteiger partial charge in [0.1, 0.15) is 10.4 Å². The van der Waals surface area contributed by atoms with Crippen LogP contribution in [-0.2, 0) is 0 Å². The van der Waals surface area contributed by atoms with E-state index in [1.165, 1.54) is 49.6 Å². The summed E-state index contributed by atoms with van der Waals surface area (Å²) in [6, 6.07) is 5.70. The van der Waals surface area contributed by atoms with E-state index < -0.39 is 0 Å². The van der Waals surface area contributed by atoms with E-state index in [0.717, 1.165) is 16.6 Å². The van der Waals surface area contributed by atoms with Gasteiger partial charge in [-0.3, -0.25) is 14.0 Å². The third kappa shape index (κ3) is 4.81. The number of anilines is 1. The van der Waals surface area contributed by atoms with Gasteiger partial charge in [0.2, 0.25) is 11.4 Å². The lowest BCUT2D eigenvalue weighted by molar-refractivity contribution is 0.0950. The predicted octanol–water partition coefficient (Wildman–Crippen LogP) is 6.27. The molecule has 1 aliphatic carbocycles. The van der Waals surface area contributed by atoms with Gasteiger partial charge in [-0.05, 0) is 50.3 Å². The van der Waals surface area contributed by atoms with Crippen LogP contribution in [0.4, 0.5) is 5.95 Å². The zero-order valence-corrected chi connectivity index (χ0v) is 22.5. The summed E-state index contributed by atoms with van der Waals surface area (Å²) in [5.41, 5.74) is 1.06. The maximum Gasteiger partial charge on any atom is 0.258 e. The summed E-state index contributed by atoms with van der Waals surface area (Å²) in [5.74, 6) is 1.36. The normalized spacial score (nSPS) is 18.7. The third-order valence-corrected chi connectivity index (χ3v) is 8.60. The van der Waals surface area contributed by atoms with Crippen molar-refractivity contribution in [3.05, 3.63) is 45.2 Å². The monoisotopic (exact) mass is 525 g/mol. The minimum atomic E-state index is -0.348. The van der Waals surface area contributed by atoms with Crippen LogP contribution in [0.25, 0.3) is 26.1 Å². The van der Waals surface area contributed by atoms with Gasteiger partial charge in [0.15, 0.2) is 5.65 Å². The Kier molecular flexibility index (Phi) is 7.17. The van der Waals surface area contributed by atoms with E-state index in [9.17, 15) is 9.59 Å². The Morgan fingerprint density at radius 2 is 2.06 bits per heavy atom. The first-order valence-electron chi connectivity index (χ1n) is 12.8. The molecule has 3 aromatic heterocycles. The van der Waals surface area contributed by atoms with Crippen LogP contribution in [0.2, 0.25) is 5.02 Å². The Bertz CT molecular complexity index is 1490. The first-order valence-corrected chi connectivity index (χ1v) is 14.0. The molecule has 9 heteroatoms. The first-order chi connectivity index (χ1) is 17.3. The van der Waals surface area contributed by atoms with Crippen molar-refractivity contribution in [3.8, 4) is 0 Å². The molecule has 1 aromatic carbocycles. The van der Waals surface area contributed by atoms with Gasteiger partial charge in [-0.2, -0.15) is 4.98 Å². The van der Waals surface area contributed by atoms with Crippen LogP contribution in [0.3, 0.4) is 0 Å². The molecule has 1 saturated carbocycles. The van der Waals surface area contributed by atoms with Crippen molar-refractivity contribution in [3.63, 3.8) is 0 Å². The standard InChI is InChI=1S/C27H32ClN5O2S/c1-15(2)31-27-30-14-19-23(34)22(25(35)29-12-11-17-8-6-4-5-7-16(17)3)26-33(24(19)32-27)20-13-18(28)9-10-21(20)36-26/h9-10,13-17H,4-8,11-12H2,1-3H3,(H,29,35)(H,30,31,32). The number of benzene rings is 1. The number of fused-ring (bicyclic) bond motifs is 5. The Balaban J connectivity index is 1.57. The Morgan fingerprint density at radius 1 is 1.25 bits per heavy atom. The van der Waals surface area contributed by atoms with Crippen LogP contribution < -0.4 is 16.1 Å². The highest BCUT2D eigenvalue weighted by molar-refractivity contribution is 7.24. The molecule has 0 bridgehead atoms. The Morgan fingerprint density at radius 3 is 2.86 bits per heavy atom. The first kappa shape index (κ1) is 25.0. The molecule has 0 radical (unpaired) electrons. The van der Waals surface area contributed by atoms with Crippen LogP contribution in [0, 0.1) is 11.8 Å². The van der Waals surface area contributed by atoms with Crippen LogP contribution in [0.1, 0.15) is 69.7 Å². The van der Waals surface area contributed by atoms with Crippen molar-refractivity contribution in [2.45, 2.75) is 65.3 Å². The molecule has 2 N–H and O–H groups in total. The lowest BCUT2D eigenvalue weighted by Crippen LogP contribution is -2.31. The highest BCUT2D eigenvalue weighted by Crippen LogP contribution is 2.33. The van der Waals surface area contributed by atoms with Crippen molar-refractivity contribution >= 4 is 60.9 Å². The molecule has 0 spiro atoms. The molecule has 7 nitrogen and oxygen atoms in total. The Hall–Kier alpha value is -2.71. The molecule has 1 amide bonds. The third-order valence-electron chi connectivity index (χ3n) is 7.22. The Labute approximate surface area is 219 Å². The van der Waals surface area contributed by atoms with Gasteiger partial charge in [0, 0.05) is 23.8 Å². The largest absolute Gasteiger partial charge is 0.352 e. The SMILES string of the molecule is CC(C)Nc1ncc2c(=O)c(C(=O)NCCC3CCCCCC3C)c3sc4ccc(Cl)cc4n3c2n1. The number of carbonyl (C=O) groups excluding carboxylic acids is 1. The maximum absolute atomic E-state index is 13.6. The van der Waals surface area contributed by atoms with Crippen LogP contribution in [-0.4, -0.2) is 32.9 Å². The lowest BCUT2D eigenvalue weighted by Gasteiger charge is -2.21.